The molecule has 3 heterocycles. The van der Waals surface area contributed by atoms with Gasteiger partial charge in [0.25, 0.3) is 0 Å². The molecule has 0 saturated carbocycles. The maximum atomic E-state index is 5.64. The minimum Gasteiger partial charge on any atom is -0.492 e. The Bertz CT molecular complexity index is 671. The van der Waals surface area contributed by atoms with Crippen LogP contribution in [-0.4, -0.2) is 47.2 Å². The van der Waals surface area contributed by atoms with Crippen LogP contribution in [0.15, 0.2) is 18.7 Å². The van der Waals surface area contributed by atoms with E-state index in [-0.39, 0.29) is 13.0 Å². The fourth-order valence-corrected chi connectivity index (χ4v) is 3.09. The Labute approximate surface area is 122 Å². The van der Waals surface area contributed by atoms with Gasteiger partial charge < -0.3 is 14.2 Å². The molecule has 7 heteroatoms. The summed E-state index contributed by atoms with van der Waals surface area (Å²) in [5.41, 5.74) is 2.27. The molecule has 0 aliphatic carbocycles. The highest BCUT2D eigenvalue weighted by Crippen LogP contribution is 2.49. The Hall–Kier alpha value is -2.28. The maximum absolute atomic E-state index is 5.64. The van der Waals surface area contributed by atoms with Gasteiger partial charge in [-0.25, -0.2) is 9.67 Å². The Morgan fingerprint density at radius 2 is 2.29 bits per heavy atom. The molecule has 0 amide bonds. The molecule has 2 aliphatic rings. The van der Waals surface area contributed by atoms with Crippen LogP contribution in [0.1, 0.15) is 17.3 Å². The highest BCUT2D eigenvalue weighted by atomic mass is 16.7. The largest absolute Gasteiger partial charge is 0.492 e. The second-order valence-electron chi connectivity index (χ2n) is 5.20. The first-order chi connectivity index (χ1) is 10.3. The Kier molecular flexibility index (Phi) is 2.75. The summed E-state index contributed by atoms with van der Waals surface area (Å²) >= 11 is 0. The normalized spacial score (nSPS) is 20.4. The molecular weight excluding hydrogens is 272 g/mol. The number of nitrogens with zero attached hydrogens (tertiary/aromatic N) is 4. The number of benzene rings is 1. The van der Waals surface area contributed by atoms with Gasteiger partial charge >= 0.3 is 0 Å². The minimum atomic E-state index is -0.0549. The highest BCUT2D eigenvalue weighted by molar-refractivity contribution is 5.61. The Morgan fingerprint density at radius 3 is 3.05 bits per heavy atom. The molecule has 0 fully saturated rings. The van der Waals surface area contributed by atoms with Gasteiger partial charge in [-0.1, -0.05) is 0 Å². The van der Waals surface area contributed by atoms with Gasteiger partial charge in [0.15, 0.2) is 11.5 Å². The average Bonchev–Trinajstić information content (AvgIpc) is 3.15. The Morgan fingerprint density at radius 1 is 1.38 bits per heavy atom. The van der Waals surface area contributed by atoms with Crippen molar-refractivity contribution in [3.05, 3.63) is 29.8 Å². The molecule has 0 saturated heterocycles. The molecule has 0 bridgehead atoms. The van der Waals surface area contributed by atoms with Crippen molar-refractivity contribution in [2.24, 2.45) is 0 Å². The third kappa shape index (κ3) is 1.77. The fourth-order valence-electron chi connectivity index (χ4n) is 3.09. The van der Waals surface area contributed by atoms with Crippen molar-refractivity contribution in [1.82, 2.24) is 19.7 Å². The molecule has 7 nitrogen and oxygen atoms in total. The molecular formula is C14H16N4O3. The van der Waals surface area contributed by atoms with Crippen LogP contribution in [0.4, 0.5) is 0 Å². The number of methoxy groups -OCH3 is 1. The summed E-state index contributed by atoms with van der Waals surface area (Å²) in [5.74, 6) is 2.16. The van der Waals surface area contributed by atoms with Crippen LogP contribution in [0.3, 0.4) is 0 Å². The van der Waals surface area contributed by atoms with E-state index < -0.39 is 0 Å². The zero-order valence-electron chi connectivity index (χ0n) is 11.9. The van der Waals surface area contributed by atoms with Gasteiger partial charge in [-0.05, 0) is 25.1 Å². The van der Waals surface area contributed by atoms with E-state index >= 15 is 0 Å². The SMILES string of the molecule is COc1c2c(cc3c1C(n1cncn1)N(C)CC3)OCO2. The fraction of sp³-hybridized carbons (Fsp3) is 0.429. The van der Waals surface area contributed by atoms with Crippen molar-refractivity contribution in [3.63, 3.8) is 0 Å². The summed E-state index contributed by atoms with van der Waals surface area (Å²) in [5, 5.41) is 4.29. The summed E-state index contributed by atoms with van der Waals surface area (Å²) in [7, 11) is 3.73. The molecule has 1 unspecified atom stereocenters. The molecule has 1 atom stereocenters. The van der Waals surface area contributed by atoms with E-state index in [4.69, 9.17) is 14.2 Å². The Balaban J connectivity index is 1.95. The molecule has 1 aromatic heterocycles. The molecule has 4 rings (SSSR count). The molecule has 2 aromatic rings. The van der Waals surface area contributed by atoms with Crippen LogP contribution >= 0.6 is 0 Å². The predicted octanol–water partition coefficient (Wildman–Crippen LogP) is 1.05. The van der Waals surface area contributed by atoms with Crippen molar-refractivity contribution in [3.8, 4) is 17.2 Å². The first-order valence-corrected chi connectivity index (χ1v) is 6.83. The first-order valence-electron chi connectivity index (χ1n) is 6.83. The van der Waals surface area contributed by atoms with Crippen molar-refractivity contribution < 1.29 is 14.2 Å². The van der Waals surface area contributed by atoms with E-state index in [0.717, 1.165) is 30.0 Å². The van der Waals surface area contributed by atoms with Crippen molar-refractivity contribution >= 4 is 0 Å². The van der Waals surface area contributed by atoms with Gasteiger partial charge in [-0.15, -0.1) is 0 Å². The van der Waals surface area contributed by atoms with E-state index in [9.17, 15) is 0 Å². The maximum Gasteiger partial charge on any atom is 0.231 e. The lowest BCUT2D eigenvalue weighted by Crippen LogP contribution is -2.37. The van der Waals surface area contributed by atoms with E-state index in [1.807, 2.05) is 4.68 Å². The third-order valence-electron chi connectivity index (χ3n) is 4.04. The summed E-state index contributed by atoms with van der Waals surface area (Å²) < 4.78 is 18.6. The van der Waals surface area contributed by atoms with Crippen molar-refractivity contribution in [2.45, 2.75) is 12.6 Å². The second-order valence-corrected chi connectivity index (χ2v) is 5.20. The van der Waals surface area contributed by atoms with E-state index in [1.165, 1.54) is 5.56 Å². The molecule has 0 N–H and O–H groups in total. The summed E-state index contributed by atoms with van der Waals surface area (Å²) in [6.07, 6.45) is 4.15. The molecule has 0 spiro atoms. The van der Waals surface area contributed by atoms with Crippen LogP contribution in [0.5, 0.6) is 17.2 Å². The minimum absolute atomic E-state index is 0.0549. The standard InChI is InChI=1S/C14H16N4O3/c1-17-4-3-9-5-10-12(21-8-20-10)13(19-2)11(9)14(17)18-7-15-6-16-18/h5-7,14H,3-4,8H2,1-2H3. The van der Waals surface area contributed by atoms with Gasteiger partial charge in [0.2, 0.25) is 12.5 Å². The van der Waals surface area contributed by atoms with Gasteiger partial charge in [0.1, 0.15) is 18.8 Å². The lowest BCUT2D eigenvalue weighted by atomic mass is 9.95. The summed E-state index contributed by atoms with van der Waals surface area (Å²) in [6, 6.07) is 2.05. The third-order valence-corrected chi connectivity index (χ3v) is 4.04. The first kappa shape index (κ1) is 12.5. The van der Waals surface area contributed by atoms with Crippen molar-refractivity contribution in [1.29, 1.82) is 0 Å². The number of hydrogen-bond donors (Lipinski definition) is 0. The van der Waals surface area contributed by atoms with Crippen molar-refractivity contribution in [2.75, 3.05) is 27.5 Å². The number of aromatic nitrogens is 3. The number of ether oxygens (including phenoxy) is 3. The van der Waals surface area contributed by atoms with E-state index in [2.05, 4.69) is 28.1 Å². The monoisotopic (exact) mass is 288 g/mol. The zero-order valence-corrected chi connectivity index (χ0v) is 11.9. The number of fused-ring (bicyclic) bond motifs is 2. The topological polar surface area (TPSA) is 61.6 Å². The van der Waals surface area contributed by atoms with Gasteiger partial charge in [-0.3, -0.25) is 4.90 Å². The van der Waals surface area contributed by atoms with Crippen LogP contribution in [0.25, 0.3) is 0 Å². The van der Waals surface area contributed by atoms with Gasteiger partial charge in [0.05, 0.1) is 7.11 Å². The quantitative estimate of drug-likeness (QED) is 0.823. The van der Waals surface area contributed by atoms with Gasteiger partial charge in [-0.2, -0.15) is 5.10 Å². The smallest absolute Gasteiger partial charge is 0.231 e. The second kappa shape index (κ2) is 4.63. The molecule has 2 aliphatic heterocycles. The average molecular weight is 288 g/mol. The number of hydrogen-bond acceptors (Lipinski definition) is 6. The lowest BCUT2D eigenvalue weighted by molar-refractivity contribution is 0.168. The summed E-state index contributed by atoms with van der Waals surface area (Å²) in [6.45, 7) is 1.17. The van der Waals surface area contributed by atoms with E-state index in [0.29, 0.717) is 5.75 Å². The van der Waals surface area contributed by atoms with E-state index in [1.54, 1.807) is 19.8 Å². The van der Waals surface area contributed by atoms with Crippen LogP contribution in [0, 0.1) is 0 Å². The zero-order chi connectivity index (χ0) is 14.4. The molecule has 21 heavy (non-hydrogen) atoms. The molecule has 0 radical (unpaired) electrons. The molecule has 1 aromatic carbocycles. The predicted molar refractivity (Wildman–Crippen MR) is 73.6 cm³/mol. The van der Waals surface area contributed by atoms with Crippen LogP contribution < -0.4 is 14.2 Å². The van der Waals surface area contributed by atoms with Crippen LogP contribution in [0.2, 0.25) is 0 Å². The highest BCUT2D eigenvalue weighted by Gasteiger charge is 2.35. The van der Waals surface area contributed by atoms with Crippen LogP contribution in [-0.2, 0) is 6.42 Å². The number of rotatable bonds is 2. The van der Waals surface area contributed by atoms with Gasteiger partial charge in [0, 0.05) is 12.1 Å². The molecule has 110 valence electrons. The number of likely N-dealkylation sites (N-methyl/N-ethyl adjacent to an activating group) is 1. The lowest BCUT2D eigenvalue weighted by Gasteiger charge is -2.35. The summed E-state index contributed by atoms with van der Waals surface area (Å²) in [4.78, 5) is 6.29.